The second-order valence-electron chi connectivity index (χ2n) is 27.6. The number of fused-ring (bicyclic) bond motifs is 1. The molecule has 1 saturated heterocycles. The number of hydrogen-bond donors (Lipinski definition) is 22. The molecule has 0 spiro atoms. The Kier molecular flexibility index (Phi) is 39.9. The highest BCUT2D eigenvalue weighted by Crippen LogP contribution is 2.22. The summed E-state index contributed by atoms with van der Waals surface area (Å²) in [7, 11) is 0. The molecule has 0 unspecified atom stereocenters. The number of rotatable bonds is 36. The Hall–Kier alpha value is -12.7. The van der Waals surface area contributed by atoms with Gasteiger partial charge in [0, 0.05) is 54.0 Å². The number of aromatic nitrogens is 1. The number of ether oxygens (including phenoxy) is 1. The number of hydrogen-bond acceptors (Lipinski definition) is 24. The maximum atomic E-state index is 14.9. The number of carbonyl (C=O) groups excluding carboxylic acids is 16. The van der Waals surface area contributed by atoms with E-state index in [1.54, 1.807) is 30.5 Å². The van der Waals surface area contributed by atoms with E-state index in [9.17, 15) is 121 Å². The Morgan fingerprint density at radius 3 is 1.72 bits per heavy atom. The summed E-state index contributed by atoms with van der Waals surface area (Å²) in [6.45, 7) is 1.24. The average Bonchev–Trinajstić information content (AvgIpc) is 1.62. The van der Waals surface area contributed by atoms with Gasteiger partial charge in [-0.1, -0.05) is 82.7 Å². The van der Waals surface area contributed by atoms with Crippen molar-refractivity contribution in [2.24, 2.45) is 17.4 Å². The number of nitrogens with two attached hydrogens (primary N) is 3. The summed E-state index contributed by atoms with van der Waals surface area (Å²) in [5, 5.41) is 78.9. The number of H-pyrrole nitrogens is 1. The van der Waals surface area contributed by atoms with Gasteiger partial charge in [-0.05, 0) is 75.8 Å². The molecule has 25 N–H and O–H groups in total. The predicted molar refractivity (Wildman–Crippen MR) is 405 cm³/mol. The second-order valence-corrected chi connectivity index (χ2v) is 27.6. The second kappa shape index (κ2) is 48.4. The first-order valence-electron chi connectivity index (χ1n) is 37.3. The van der Waals surface area contributed by atoms with E-state index in [0.29, 0.717) is 29.3 Å². The fourth-order valence-electron chi connectivity index (χ4n) is 11.9. The van der Waals surface area contributed by atoms with Crippen LogP contribution >= 0.6 is 0 Å². The lowest BCUT2D eigenvalue weighted by molar-refractivity contribution is -0.156. The Morgan fingerprint density at radius 1 is 0.543 bits per heavy atom. The number of esters is 1. The molecular formula is C73H103N17O26. The number of aliphatic hydroxyl groups excluding tert-OH is 1. The Morgan fingerprint density at radius 2 is 1.10 bits per heavy atom. The molecular weight excluding hydrogens is 1530 g/mol. The van der Waals surface area contributed by atoms with Crippen molar-refractivity contribution in [1.82, 2.24) is 74.1 Å². The Labute approximate surface area is 663 Å². The lowest BCUT2D eigenvalue weighted by Gasteiger charge is -2.30. The quantitative estimate of drug-likeness (QED) is 0.0112. The van der Waals surface area contributed by atoms with Gasteiger partial charge in [0.05, 0.1) is 45.4 Å². The lowest BCUT2D eigenvalue weighted by atomic mass is 9.96. The topological polar surface area (TPSA) is 702 Å². The van der Waals surface area contributed by atoms with Gasteiger partial charge in [0.25, 0.3) is 0 Å². The molecule has 43 heteroatoms. The summed E-state index contributed by atoms with van der Waals surface area (Å²) in [6.07, 6.45) is -2.58. The molecule has 3 aromatic rings. The van der Waals surface area contributed by atoms with E-state index >= 15 is 0 Å². The molecule has 0 saturated carbocycles. The number of benzene rings is 2. The van der Waals surface area contributed by atoms with Crippen LogP contribution in [-0.4, -0.2) is 248 Å². The molecule has 13 atom stereocenters. The van der Waals surface area contributed by atoms with E-state index in [4.69, 9.17) is 21.9 Å². The lowest BCUT2D eigenvalue weighted by Crippen LogP contribution is -2.62. The number of primary amides is 1. The van der Waals surface area contributed by atoms with Crippen molar-refractivity contribution in [3.63, 3.8) is 0 Å². The van der Waals surface area contributed by atoms with Gasteiger partial charge in [-0.3, -0.25) is 91.1 Å². The molecule has 2 heterocycles. The number of anilines is 1. The van der Waals surface area contributed by atoms with Gasteiger partial charge in [-0.15, -0.1) is 0 Å². The molecule has 2 aromatic carbocycles. The van der Waals surface area contributed by atoms with E-state index in [-0.39, 0.29) is 43.5 Å². The highest BCUT2D eigenvalue weighted by Gasteiger charge is 2.41. The Balaban J connectivity index is 1.88. The Bertz CT molecular complexity index is 4060. The van der Waals surface area contributed by atoms with E-state index in [1.165, 1.54) is 24.3 Å². The van der Waals surface area contributed by atoms with Crippen LogP contribution in [0.1, 0.15) is 153 Å². The zero-order valence-electron chi connectivity index (χ0n) is 64.3. The summed E-state index contributed by atoms with van der Waals surface area (Å²) in [6, 6.07) is -10.2. The van der Waals surface area contributed by atoms with Crippen molar-refractivity contribution in [2.75, 3.05) is 32.0 Å². The van der Waals surface area contributed by atoms with Gasteiger partial charge in [0.2, 0.25) is 82.7 Å². The summed E-state index contributed by atoms with van der Waals surface area (Å²) in [4.78, 5) is 276. The first-order chi connectivity index (χ1) is 54.9. The number of aliphatic carboxylic acids is 4. The van der Waals surface area contributed by atoms with Gasteiger partial charge < -0.3 is 122 Å². The van der Waals surface area contributed by atoms with E-state index in [0.717, 1.165) is 52.9 Å². The van der Waals surface area contributed by atoms with Crippen LogP contribution in [0.15, 0.2) is 54.7 Å². The van der Waals surface area contributed by atoms with Crippen LogP contribution in [0.3, 0.4) is 0 Å². The fourth-order valence-corrected chi connectivity index (χ4v) is 11.9. The zero-order chi connectivity index (χ0) is 86.5. The van der Waals surface area contributed by atoms with Crippen LogP contribution in [-0.2, 0) is 102 Å². The minimum absolute atomic E-state index is 0.0179. The minimum Gasteiger partial charge on any atom is -0.481 e. The van der Waals surface area contributed by atoms with Gasteiger partial charge in [0.15, 0.2) is 5.78 Å². The summed E-state index contributed by atoms with van der Waals surface area (Å²) in [5.74, 6) is -29.2. The van der Waals surface area contributed by atoms with Crippen molar-refractivity contribution < 1.29 is 126 Å². The maximum Gasteiger partial charge on any atom is 0.329 e. The number of nitrogen functional groups attached to an aromatic ring is 1. The summed E-state index contributed by atoms with van der Waals surface area (Å²) >= 11 is 0. The average molecular weight is 1630 g/mol. The first-order valence-corrected chi connectivity index (χ1v) is 37.3. The highest BCUT2D eigenvalue weighted by molar-refractivity contribution is 6.05. The summed E-state index contributed by atoms with van der Waals surface area (Å²) < 4.78 is 5.69. The normalized spacial score (nSPS) is 21.1. The molecule has 1 aromatic heterocycles. The van der Waals surface area contributed by atoms with Crippen LogP contribution in [0.5, 0.6) is 0 Å². The number of unbranched alkanes of at least 4 members (excludes halogenated alkanes) is 6. The van der Waals surface area contributed by atoms with Gasteiger partial charge >= 0.3 is 29.8 Å². The molecule has 43 nitrogen and oxygen atoms in total. The fraction of sp³-hybridized carbons (Fsp3) is 0.534. The van der Waals surface area contributed by atoms with Crippen molar-refractivity contribution in [2.45, 2.75) is 216 Å². The third-order valence-electron chi connectivity index (χ3n) is 18.1. The maximum absolute atomic E-state index is 14.9. The number of aliphatic hydroxyl groups is 1. The number of carbonyl (C=O) groups is 20. The van der Waals surface area contributed by atoms with E-state index in [2.05, 4.69) is 75.7 Å². The van der Waals surface area contributed by atoms with Crippen LogP contribution < -0.4 is 86.3 Å². The van der Waals surface area contributed by atoms with Crippen molar-refractivity contribution >= 4 is 135 Å². The van der Waals surface area contributed by atoms with Gasteiger partial charge in [0.1, 0.15) is 72.6 Å². The molecule has 0 aliphatic carbocycles. The van der Waals surface area contributed by atoms with E-state index < -0.39 is 261 Å². The van der Waals surface area contributed by atoms with Crippen molar-refractivity contribution in [1.29, 1.82) is 0 Å². The number of aromatic amines is 1. The predicted octanol–water partition coefficient (Wildman–Crippen LogP) is -5.23. The molecule has 0 bridgehead atoms. The molecule has 0 radical (unpaired) electrons. The van der Waals surface area contributed by atoms with E-state index in [1.807, 2.05) is 5.32 Å². The third-order valence-corrected chi connectivity index (χ3v) is 18.1. The molecule has 116 heavy (non-hydrogen) atoms. The van der Waals surface area contributed by atoms with Crippen LogP contribution in [0, 0.1) is 5.92 Å². The van der Waals surface area contributed by atoms with Crippen LogP contribution in [0.25, 0.3) is 10.9 Å². The van der Waals surface area contributed by atoms with Gasteiger partial charge in [-0.2, -0.15) is 0 Å². The molecule has 14 amide bonds. The summed E-state index contributed by atoms with van der Waals surface area (Å²) in [5.41, 5.74) is 18.1. The molecule has 1 aliphatic rings. The highest BCUT2D eigenvalue weighted by atomic mass is 16.5. The van der Waals surface area contributed by atoms with Crippen LogP contribution in [0.4, 0.5) is 5.69 Å². The van der Waals surface area contributed by atoms with Crippen molar-refractivity contribution in [3.8, 4) is 0 Å². The SMILES string of the molecule is CCCCCCCCCC(=O)N[C@@H](Cc1c[nH]c2ccccc12)C(=O)N[C@@H](CC(N)=O)C(=O)N[C@@H](CC(=O)O)C(=O)N[C@@H]1C(=O)NCC(=O)N[C@@H](CCCN)C(=O)N[C@@H](CC(=O)O)C(=O)N[C@H](C)C(=O)N[C@@H](CCC(=O)O)C(=O)NCC(=O)N[C@H](CO)C(=O)N[C@@H]([C@@H](C)CC(=O)O)C(=O)N[C@@H](CC(=O)c2ccccc2N)C(=O)O[C@@H]1C. The zero-order valence-corrected chi connectivity index (χ0v) is 64.3. The monoisotopic (exact) mass is 1630 g/mol. The van der Waals surface area contributed by atoms with Gasteiger partial charge in [-0.25, -0.2) is 4.79 Å². The minimum atomic E-state index is -2.45. The smallest absolute Gasteiger partial charge is 0.329 e. The number of cyclic esters (lactones) is 1. The molecule has 1 aliphatic heterocycles. The number of Topliss-reactive ketones (excluding diaryl/α,β-unsaturated/α-hetero) is 1. The molecule has 636 valence electrons. The van der Waals surface area contributed by atoms with Crippen molar-refractivity contribution in [3.05, 3.63) is 65.9 Å². The molecule has 1 fully saturated rings. The number of carboxylic acid groups (broad SMARTS) is 4. The van der Waals surface area contributed by atoms with Crippen LogP contribution in [0.2, 0.25) is 0 Å². The molecule has 4 rings (SSSR count). The number of para-hydroxylation sites is 2. The number of carboxylic acids is 4. The standard InChI is InChI=1S/C73H103N17O26/c1-5-6-7-8-9-10-11-22-54(94)82-46(27-39-32-77-43-20-15-13-17-40(39)43)67(109)85-47(29-53(76)93)68(110)87-49(31-60(103)104)69(111)90-62-38(4)116-73(115)50(28-52(92)41-18-12-14-19-42(41)75)88-72(114)61(36(2)26-58(99)100)89-70(112)51(35-91)83-56(96)33-78-64(106)45(23-24-57(97)98)84-63(105)37(3)80-66(108)48(30-59(101)102)86-65(107)44(21-16-25-74)81-55(95)34-79-71(62)113/h12-15,17-20,32,36-38,44-51,61-62,77,91H,5-11,16,21-31,33-35,74-75H2,1-4H3,(H2,76,93)(H,78,106)(H,79,113)(H,80,108)(H,81,95)(H,82,94)(H,83,96)(H,84,105)(H,85,109)(H,86,107)(H,87,110)(H,88,114)(H,89,112)(H,90,111)(H,97,98)(H,99,100)(H,101,102)(H,103,104)/t36-,37+,38+,44-,45-,46-,47-,48-,49-,50-,51+,61-,62-/m0/s1. The number of ketones is 1. The largest absolute Gasteiger partial charge is 0.481 e. The third kappa shape index (κ3) is 32.8. The first kappa shape index (κ1) is 95.7. The number of nitrogens with one attached hydrogen (secondary N) is 14. The number of amides is 14.